The number of carboxylic acid groups (broad SMARTS) is 1. The molecule has 3 aromatic rings. The first-order chi connectivity index (χ1) is 13.2. The van der Waals surface area contributed by atoms with Gasteiger partial charge in [0, 0.05) is 6.08 Å². The fourth-order valence-electron chi connectivity index (χ4n) is 3.23. The van der Waals surface area contributed by atoms with Gasteiger partial charge in [0.25, 0.3) is 0 Å². The topological polar surface area (TPSA) is 37.3 Å². The van der Waals surface area contributed by atoms with Gasteiger partial charge in [-0.2, -0.15) is 0 Å². The Bertz CT molecular complexity index is 777. The van der Waals surface area contributed by atoms with Crippen molar-refractivity contribution in [2.75, 3.05) is 5.75 Å². The van der Waals surface area contributed by atoms with E-state index in [4.69, 9.17) is 5.11 Å². The van der Waals surface area contributed by atoms with Gasteiger partial charge in [-0.3, -0.25) is 0 Å². The molecule has 0 saturated heterocycles. The summed E-state index contributed by atoms with van der Waals surface area (Å²) in [6.07, 6.45) is 3.64. The number of benzene rings is 3. The van der Waals surface area contributed by atoms with Crippen molar-refractivity contribution in [3.63, 3.8) is 0 Å². The number of carbonyl (C=O) groups is 1. The van der Waals surface area contributed by atoms with Crippen LogP contribution in [0.5, 0.6) is 0 Å². The second-order valence-corrected chi connectivity index (χ2v) is 7.47. The van der Waals surface area contributed by atoms with Crippen LogP contribution in [-0.4, -0.2) is 16.8 Å². The fourth-order valence-corrected chi connectivity index (χ4v) is 4.70. The molecule has 1 N–H and O–H groups in total. The second kappa shape index (κ2) is 9.24. The average Bonchev–Trinajstić information content (AvgIpc) is 2.73. The fraction of sp³-hybridized carbons (Fsp3) is 0.125. The molecule has 0 radical (unpaired) electrons. The van der Waals surface area contributed by atoms with Gasteiger partial charge in [-0.15, -0.1) is 11.8 Å². The van der Waals surface area contributed by atoms with Crippen LogP contribution in [0.15, 0.2) is 103 Å². The standard InChI is InChI=1S/C24H22O2S/c25-23(26)18-10-11-19-27-24(20-12-4-1-5-13-20,21-14-6-2-7-15-21)22-16-8-3-9-17-22/h1-10,12-18H,11,19H2,(H,25,26)/b18-10+. The Morgan fingerprint density at radius 1 is 0.778 bits per heavy atom. The molecule has 0 aromatic heterocycles. The van der Waals surface area contributed by atoms with E-state index in [-0.39, 0.29) is 4.75 Å². The van der Waals surface area contributed by atoms with Crippen LogP contribution in [0.3, 0.4) is 0 Å². The molecule has 0 aliphatic heterocycles. The maximum absolute atomic E-state index is 10.7. The number of hydrogen-bond donors (Lipinski definition) is 1. The largest absolute Gasteiger partial charge is 0.478 e. The zero-order valence-corrected chi connectivity index (χ0v) is 15.8. The van der Waals surface area contributed by atoms with Gasteiger partial charge >= 0.3 is 5.97 Å². The molecular weight excluding hydrogens is 352 g/mol. The summed E-state index contributed by atoms with van der Waals surface area (Å²) < 4.78 is -0.346. The highest BCUT2D eigenvalue weighted by Gasteiger charge is 2.36. The monoisotopic (exact) mass is 374 g/mol. The lowest BCUT2D eigenvalue weighted by molar-refractivity contribution is -0.131. The third-order valence-electron chi connectivity index (χ3n) is 4.40. The molecule has 0 aliphatic rings. The number of aliphatic carboxylic acids is 1. The zero-order valence-electron chi connectivity index (χ0n) is 15.0. The molecular formula is C24H22O2S. The number of hydrogen-bond acceptors (Lipinski definition) is 2. The summed E-state index contributed by atoms with van der Waals surface area (Å²) in [6.45, 7) is 0. The molecule has 0 heterocycles. The lowest BCUT2D eigenvalue weighted by atomic mass is 9.84. The van der Waals surface area contributed by atoms with Crippen molar-refractivity contribution in [1.82, 2.24) is 0 Å². The SMILES string of the molecule is O=C(O)/C=C/CCSC(c1ccccc1)(c1ccccc1)c1ccccc1. The minimum atomic E-state index is -0.902. The molecule has 0 fully saturated rings. The van der Waals surface area contributed by atoms with Crippen LogP contribution in [0.1, 0.15) is 23.1 Å². The van der Waals surface area contributed by atoms with Gasteiger partial charge in [0.15, 0.2) is 0 Å². The molecule has 0 amide bonds. The molecule has 0 atom stereocenters. The third-order valence-corrected chi connectivity index (χ3v) is 5.98. The van der Waals surface area contributed by atoms with Crippen molar-refractivity contribution in [2.45, 2.75) is 11.2 Å². The zero-order chi connectivity index (χ0) is 19.0. The molecule has 0 saturated carbocycles. The van der Waals surface area contributed by atoms with Crippen molar-refractivity contribution in [3.8, 4) is 0 Å². The first-order valence-electron chi connectivity index (χ1n) is 8.93. The minimum Gasteiger partial charge on any atom is -0.478 e. The number of rotatable bonds is 8. The summed E-state index contributed by atoms with van der Waals surface area (Å²) in [4.78, 5) is 10.7. The van der Waals surface area contributed by atoms with Crippen molar-refractivity contribution < 1.29 is 9.90 Å². The maximum Gasteiger partial charge on any atom is 0.327 e. The van der Waals surface area contributed by atoms with E-state index in [1.165, 1.54) is 22.8 Å². The Labute approximate surface area is 164 Å². The van der Waals surface area contributed by atoms with Gasteiger partial charge in [0.05, 0.1) is 4.75 Å². The van der Waals surface area contributed by atoms with Gasteiger partial charge in [-0.05, 0) is 28.9 Å². The minimum absolute atomic E-state index is 0.346. The van der Waals surface area contributed by atoms with E-state index in [2.05, 4.69) is 72.8 Å². The van der Waals surface area contributed by atoms with Crippen LogP contribution in [0, 0.1) is 0 Å². The Hall–Kier alpha value is -2.78. The van der Waals surface area contributed by atoms with Gasteiger partial charge in [-0.1, -0.05) is 97.1 Å². The van der Waals surface area contributed by atoms with Crippen molar-refractivity contribution in [1.29, 1.82) is 0 Å². The highest BCUT2D eigenvalue weighted by Crippen LogP contribution is 2.48. The van der Waals surface area contributed by atoms with E-state index >= 15 is 0 Å². The number of thioether (sulfide) groups is 1. The summed E-state index contributed by atoms with van der Waals surface area (Å²) in [5.74, 6) is -0.0944. The van der Waals surface area contributed by atoms with Crippen LogP contribution in [0.25, 0.3) is 0 Å². The molecule has 0 aliphatic carbocycles. The highest BCUT2D eigenvalue weighted by molar-refractivity contribution is 8.00. The second-order valence-electron chi connectivity index (χ2n) is 6.16. The van der Waals surface area contributed by atoms with Crippen molar-refractivity contribution >= 4 is 17.7 Å². The Kier molecular flexibility index (Phi) is 6.50. The van der Waals surface area contributed by atoms with Crippen LogP contribution in [0.2, 0.25) is 0 Å². The summed E-state index contributed by atoms with van der Waals surface area (Å²) in [7, 11) is 0. The van der Waals surface area contributed by atoms with Gasteiger partial charge in [-0.25, -0.2) is 4.79 Å². The van der Waals surface area contributed by atoms with E-state index < -0.39 is 5.97 Å². The van der Waals surface area contributed by atoms with Crippen molar-refractivity contribution in [3.05, 3.63) is 120 Å². The van der Waals surface area contributed by atoms with Crippen molar-refractivity contribution in [2.24, 2.45) is 0 Å². The van der Waals surface area contributed by atoms with E-state index in [0.29, 0.717) is 6.42 Å². The summed E-state index contributed by atoms with van der Waals surface area (Å²) >= 11 is 1.84. The summed E-state index contributed by atoms with van der Waals surface area (Å²) in [5.41, 5.74) is 3.65. The lowest BCUT2D eigenvalue weighted by Gasteiger charge is -2.35. The third kappa shape index (κ3) is 4.50. The van der Waals surface area contributed by atoms with Gasteiger partial charge in [0.1, 0.15) is 0 Å². The lowest BCUT2D eigenvalue weighted by Crippen LogP contribution is -2.26. The smallest absolute Gasteiger partial charge is 0.327 e. The van der Waals surface area contributed by atoms with Gasteiger partial charge in [0.2, 0.25) is 0 Å². The van der Waals surface area contributed by atoms with E-state index in [1.807, 2.05) is 30.0 Å². The Morgan fingerprint density at radius 2 is 1.19 bits per heavy atom. The maximum atomic E-state index is 10.7. The predicted molar refractivity (Wildman–Crippen MR) is 113 cm³/mol. The quantitative estimate of drug-likeness (QED) is 0.310. The number of allylic oxidation sites excluding steroid dienone is 1. The Morgan fingerprint density at radius 3 is 1.56 bits per heavy atom. The molecule has 0 spiro atoms. The molecule has 3 rings (SSSR count). The predicted octanol–water partition coefficient (Wildman–Crippen LogP) is 5.74. The molecule has 2 nitrogen and oxygen atoms in total. The summed E-state index contributed by atoms with van der Waals surface area (Å²) in [6, 6.07) is 31.5. The number of carboxylic acids is 1. The molecule has 0 unspecified atom stereocenters. The molecule has 136 valence electrons. The Balaban J connectivity index is 2.07. The van der Waals surface area contributed by atoms with E-state index in [1.54, 1.807) is 6.08 Å². The van der Waals surface area contributed by atoms with Crippen LogP contribution in [0.4, 0.5) is 0 Å². The first-order valence-corrected chi connectivity index (χ1v) is 9.92. The average molecular weight is 375 g/mol. The van der Waals surface area contributed by atoms with Crippen LogP contribution >= 0.6 is 11.8 Å². The summed E-state index contributed by atoms with van der Waals surface area (Å²) in [5, 5.41) is 8.81. The van der Waals surface area contributed by atoms with Gasteiger partial charge < -0.3 is 5.11 Å². The molecule has 0 bridgehead atoms. The highest BCUT2D eigenvalue weighted by atomic mass is 32.2. The van der Waals surface area contributed by atoms with Crippen LogP contribution in [-0.2, 0) is 9.54 Å². The normalized spacial score (nSPS) is 11.6. The molecule has 3 heteroatoms. The first kappa shape index (κ1) is 19.0. The molecule has 27 heavy (non-hydrogen) atoms. The van der Waals surface area contributed by atoms with Crippen LogP contribution < -0.4 is 0 Å². The van der Waals surface area contributed by atoms with E-state index in [9.17, 15) is 4.79 Å². The molecule has 3 aromatic carbocycles. The van der Waals surface area contributed by atoms with E-state index in [0.717, 1.165) is 5.75 Å².